The fourth-order valence-corrected chi connectivity index (χ4v) is 3.73. The third-order valence-electron chi connectivity index (χ3n) is 3.42. The first kappa shape index (κ1) is 14.6. The molecule has 0 aromatic heterocycles. The van der Waals surface area contributed by atoms with Gasteiger partial charge in [-0.3, -0.25) is 4.79 Å². The van der Waals surface area contributed by atoms with Crippen LogP contribution < -0.4 is 5.32 Å². The van der Waals surface area contributed by atoms with Crippen molar-refractivity contribution in [1.82, 2.24) is 0 Å². The number of halogens is 2. The predicted octanol–water partition coefficient (Wildman–Crippen LogP) is 2.43. The summed E-state index contributed by atoms with van der Waals surface area (Å²) in [6, 6.07) is 7.05. The van der Waals surface area contributed by atoms with Crippen LogP contribution >= 0.6 is 0 Å². The highest BCUT2D eigenvalue weighted by atomic mass is 32.2. The van der Waals surface area contributed by atoms with Gasteiger partial charge in [0.25, 0.3) is 0 Å². The van der Waals surface area contributed by atoms with Crippen molar-refractivity contribution in [2.75, 3.05) is 5.32 Å². The van der Waals surface area contributed by atoms with Crippen molar-refractivity contribution < 1.29 is 22.0 Å². The Balaban J connectivity index is 1.94. The minimum Gasteiger partial charge on any atom is -0.326 e. The fraction of sp³-hybridized carbons (Fsp3) is 0.133. The molecule has 4 nitrogen and oxygen atoms in total. The number of nitrogens with one attached hydrogen (secondary N) is 1. The Morgan fingerprint density at radius 1 is 1.09 bits per heavy atom. The second-order valence-electron chi connectivity index (χ2n) is 5.04. The number of carbonyl (C=O) groups is 1. The molecule has 0 fully saturated rings. The van der Waals surface area contributed by atoms with Crippen LogP contribution in [-0.4, -0.2) is 14.3 Å². The zero-order valence-electron chi connectivity index (χ0n) is 11.3. The fourth-order valence-electron chi connectivity index (χ4n) is 2.33. The van der Waals surface area contributed by atoms with Crippen molar-refractivity contribution in [3.63, 3.8) is 0 Å². The van der Waals surface area contributed by atoms with E-state index in [1.807, 2.05) is 0 Å². The van der Waals surface area contributed by atoms with E-state index < -0.39 is 27.2 Å². The lowest BCUT2D eigenvalue weighted by molar-refractivity contribution is -0.115. The van der Waals surface area contributed by atoms with E-state index in [1.54, 1.807) is 0 Å². The van der Waals surface area contributed by atoms with Gasteiger partial charge in [-0.1, -0.05) is 6.07 Å². The molecule has 1 aliphatic rings. The molecule has 22 heavy (non-hydrogen) atoms. The number of anilines is 1. The van der Waals surface area contributed by atoms with Crippen LogP contribution in [0.4, 0.5) is 14.5 Å². The molecule has 0 saturated carbocycles. The van der Waals surface area contributed by atoms with Gasteiger partial charge in [-0.25, -0.2) is 17.2 Å². The van der Waals surface area contributed by atoms with E-state index in [1.165, 1.54) is 18.2 Å². The molecule has 0 spiro atoms. The summed E-state index contributed by atoms with van der Waals surface area (Å²) in [5.41, 5.74) is 1.07. The van der Waals surface area contributed by atoms with Crippen molar-refractivity contribution in [1.29, 1.82) is 0 Å². The first-order valence-corrected chi connectivity index (χ1v) is 8.10. The molecule has 3 rings (SSSR count). The average Bonchev–Trinajstić information content (AvgIpc) is 2.81. The molecule has 0 bridgehead atoms. The molecule has 2 aromatic carbocycles. The van der Waals surface area contributed by atoms with Gasteiger partial charge in [-0.2, -0.15) is 0 Å². The number of carbonyl (C=O) groups excluding carboxylic acids is 1. The zero-order valence-corrected chi connectivity index (χ0v) is 12.1. The maximum atomic E-state index is 13.6. The molecular weight excluding hydrogens is 312 g/mol. The Morgan fingerprint density at radius 3 is 2.59 bits per heavy atom. The Labute approximate surface area is 125 Å². The van der Waals surface area contributed by atoms with Crippen molar-refractivity contribution >= 4 is 21.4 Å². The molecule has 1 amide bonds. The van der Waals surface area contributed by atoms with Crippen LogP contribution in [0.5, 0.6) is 0 Å². The molecule has 0 radical (unpaired) electrons. The quantitative estimate of drug-likeness (QED) is 0.943. The van der Waals surface area contributed by atoms with Crippen molar-refractivity contribution in [2.24, 2.45) is 0 Å². The summed E-state index contributed by atoms with van der Waals surface area (Å²) >= 11 is 0. The Hall–Kier alpha value is -2.28. The maximum Gasteiger partial charge on any atom is 0.228 e. The largest absolute Gasteiger partial charge is 0.326 e. The van der Waals surface area contributed by atoms with Crippen molar-refractivity contribution in [2.45, 2.75) is 17.1 Å². The summed E-state index contributed by atoms with van der Waals surface area (Å²) in [7, 11) is -3.79. The van der Waals surface area contributed by atoms with Gasteiger partial charge in [0, 0.05) is 17.3 Å². The Bertz CT molecular complexity index is 878. The van der Waals surface area contributed by atoms with E-state index in [2.05, 4.69) is 5.32 Å². The molecule has 1 aliphatic heterocycles. The number of rotatable bonds is 3. The van der Waals surface area contributed by atoms with Crippen LogP contribution in [-0.2, 0) is 26.8 Å². The maximum absolute atomic E-state index is 13.6. The van der Waals surface area contributed by atoms with Crippen molar-refractivity contribution in [3.8, 4) is 0 Å². The highest BCUT2D eigenvalue weighted by Crippen LogP contribution is 2.27. The van der Waals surface area contributed by atoms with Gasteiger partial charge in [0.15, 0.2) is 9.84 Å². The Morgan fingerprint density at radius 2 is 1.86 bits per heavy atom. The summed E-state index contributed by atoms with van der Waals surface area (Å²) in [4.78, 5) is 11.3. The van der Waals surface area contributed by atoms with Crippen LogP contribution in [0.2, 0.25) is 0 Å². The van der Waals surface area contributed by atoms with Crippen molar-refractivity contribution in [3.05, 3.63) is 59.2 Å². The van der Waals surface area contributed by atoms with E-state index in [0.717, 1.165) is 12.1 Å². The van der Waals surface area contributed by atoms with Gasteiger partial charge in [0.1, 0.15) is 11.6 Å². The predicted molar refractivity (Wildman–Crippen MR) is 76.0 cm³/mol. The SMILES string of the molecule is O=C1Cc2cc(S(=O)(=O)Cc3ccc(F)cc3F)ccc2N1. The molecule has 114 valence electrons. The van der Waals surface area contributed by atoms with E-state index in [-0.39, 0.29) is 22.8 Å². The highest BCUT2D eigenvalue weighted by Gasteiger charge is 2.23. The molecule has 1 heterocycles. The second-order valence-corrected chi connectivity index (χ2v) is 7.03. The third-order valence-corrected chi connectivity index (χ3v) is 5.08. The second kappa shape index (κ2) is 5.17. The minimum absolute atomic E-state index is 0.00600. The molecule has 7 heteroatoms. The zero-order chi connectivity index (χ0) is 15.9. The number of benzene rings is 2. The number of hydrogen-bond donors (Lipinski definition) is 1. The van der Waals surface area contributed by atoms with Crippen LogP contribution in [0.15, 0.2) is 41.3 Å². The summed E-state index contributed by atoms with van der Waals surface area (Å²) in [6.07, 6.45) is 0.115. The lowest BCUT2D eigenvalue weighted by Crippen LogP contribution is -2.07. The first-order chi connectivity index (χ1) is 10.3. The summed E-state index contributed by atoms with van der Waals surface area (Å²) in [6.45, 7) is 0. The number of fused-ring (bicyclic) bond motifs is 1. The van der Waals surface area contributed by atoms with Gasteiger partial charge < -0.3 is 5.32 Å². The normalized spacial score (nSPS) is 13.8. The first-order valence-electron chi connectivity index (χ1n) is 6.44. The van der Waals surface area contributed by atoms with Gasteiger partial charge in [-0.15, -0.1) is 0 Å². The smallest absolute Gasteiger partial charge is 0.228 e. The Kier molecular flexibility index (Phi) is 3.44. The molecule has 0 unspecified atom stereocenters. The molecule has 0 atom stereocenters. The van der Waals surface area contributed by atoms with E-state index in [0.29, 0.717) is 17.3 Å². The molecule has 2 aromatic rings. The molecule has 0 aliphatic carbocycles. The number of amides is 1. The van der Waals surface area contributed by atoms with Crippen LogP contribution in [0.25, 0.3) is 0 Å². The van der Waals surface area contributed by atoms with E-state index in [9.17, 15) is 22.0 Å². The van der Waals surface area contributed by atoms with E-state index >= 15 is 0 Å². The van der Waals surface area contributed by atoms with Crippen LogP contribution in [0, 0.1) is 11.6 Å². The number of hydrogen-bond acceptors (Lipinski definition) is 3. The van der Waals surface area contributed by atoms with Gasteiger partial charge in [0.2, 0.25) is 5.91 Å². The number of sulfone groups is 1. The minimum atomic E-state index is -3.79. The third kappa shape index (κ3) is 2.71. The monoisotopic (exact) mass is 323 g/mol. The van der Waals surface area contributed by atoms with Gasteiger partial charge in [0.05, 0.1) is 17.1 Å². The lowest BCUT2D eigenvalue weighted by atomic mass is 10.2. The average molecular weight is 323 g/mol. The summed E-state index contributed by atoms with van der Waals surface area (Å²) < 4.78 is 51.2. The van der Waals surface area contributed by atoms with Crippen LogP contribution in [0.3, 0.4) is 0 Å². The highest BCUT2D eigenvalue weighted by molar-refractivity contribution is 7.90. The summed E-state index contributed by atoms with van der Waals surface area (Å²) in [5.74, 6) is -2.43. The molecule has 0 saturated heterocycles. The summed E-state index contributed by atoms with van der Waals surface area (Å²) in [5, 5.41) is 2.61. The standard InChI is InChI=1S/C15H11F2NO3S/c16-11-2-1-9(13(17)7-11)8-22(20,21)12-3-4-14-10(5-12)6-15(19)18-14/h1-5,7H,6,8H2,(H,18,19). The van der Waals surface area contributed by atoms with Gasteiger partial charge >= 0.3 is 0 Å². The van der Waals surface area contributed by atoms with Crippen LogP contribution in [0.1, 0.15) is 11.1 Å². The van der Waals surface area contributed by atoms with E-state index in [4.69, 9.17) is 0 Å². The topological polar surface area (TPSA) is 63.2 Å². The molecule has 1 N–H and O–H groups in total. The lowest BCUT2D eigenvalue weighted by Gasteiger charge is -2.07. The molecular formula is C15H11F2NO3S. The van der Waals surface area contributed by atoms with Gasteiger partial charge in [-0.05, 0) is 29.8 Å².